The Morgan fingerprint density at radius 1 is 1.22 bits per heavy atom. The van der Waals surface area contributed by atoms with Crippen molar-refractivity contribution in [2.75, 3.05) is 53.2 Å². The van der Waals surface area contributed by atoms with Gasteiger partial charge in [-0.15, -0.1) is 24.0 Å². The monoisotopic (exact) mass is 443 g/mol. The summed E-state index contributed by atoms with van der Waals surface area (Å²) in [5, 5.41) is 6.58. The lowest BCUT2D eigenvalue weighted by Gasteiger charge is -2.13. The third kappa shape index (κ3) is 12.9. The van der Waals surface area contributed by atoms with Gasteiger partial charge in [0, 0.05) is 46.6 Å². The fourth-order valence-electron chi connectivity index (χ4n) is 2.09. The van der Waals surface area contributed by atoms with Gasteiger partial charge in [0.1, 0.15) is 0 Å². The van der Waals surface area contributed by atoms with Crippen LogP contribution in [0.5, 0.6) is 0 Å². The maximum absolute atomic E-state index is 5.72. The fourth-order valence-corrected chi connectivity index (χ4v) is 2.09. The molecule has 0 spiro atoms. The van der Waals surface area contributed by atoms with Gasteiger partial charge in [-0.05, 0) is 25.2 Å². The molecule has 0 bridgehead atoms. The number of halogens is 1. The average Bonchev–Trinajstić information content (AvgIpc) is 3.01. The first-order valence-electron chi connectivity index (χ1n) is 8.44. The zero-order valence-corrected chi connectivity index (χ0v) is 17.1. The van der Waals surface area contributed by atoms with Crippen LogP contribution in [-0.2, 0) is 14.2 Å². The normalized spacial score (nSPS) is 18.1. The van der Waals surface area contributed by atoms with Crippen molar-refractivity contribution in [1.82, 2.24) is 10.6 Å². The first kappa shape index (κ1) is 22.9. The molecule has 1 aliphatic rings. The Bertz CT molecular complexity index is 298. The predicted octanol–water partition coefficient (Wildman–Crippen LogP) is 2.03. The SMILES string of the molecule is CN=C(NCCCOCC(C)C)NCCCOC1CCOC1.I. The van der Waals surface area contributed by atoms with E-state index in [0.29, 0.717) is 12.0 Å². The van der Waals surface area contributed by atoms with E-state index in [0.717, 1.165) is 71.3 Å². The molecule has 1 atom stereocenters. The second-order valence-corrected chi connectivity index (χ2v) is 5.96. The van der Waals surface area contributed by atoms with Crippen molar-refractivity contribution in [3.05, 3.63) is 0 Å². The highest BCUT2D eigenvalue weighted by Gasteiger charge is 2.15. The number of rotatable bonds is 11. The number of aliphatic imine (C=N–C) groups is 1. The maximum Gasteiger partial charge on any atom is 0.190 e. The number of hydrogen-bond acceptors (Lipinski definition) is 4. The third-order valence-electron chi connectivity index (χ3n) is 3.29. The minimum atomic E-state index is 0. The van der Waals surface area contributed by atoms with Gasteiger partial charge in [-0.2, -0.15) is 0 Å². The van der Waals surface area contributed by atoms with Gasteiger partial charge in [0.25, 0.3) is 0 Å². The Hall–Kier alpha value is -0.120. The molecule has 0 radical (unpaired) electrons. The van der Waals surface area contributed by atoms with Gasteiger partial charge in [-0.25, -0.2) is 0 Å². The van der Waals surface area contributed by atoms with Gasteiger partial charge in [0.2, 0.25) is 0 Å². The summed E-state index contributed by atoms with van der Waals surface area (Å²) in [5.74, 6) is 1.44. The molecular formula is C16H34IN3O3. The summed E-state index contributed by atoms with van der Waals surface area (Å²) < 4.78 is 16.5. The van der Waals surface area contributed by atoms with E-state index in [1.165, 1.54) is 0 Å². The van der Waals surface area contributed by atoms with Crippen LogP contribution in [0.15, 0.2) is 4.99 Å². The Kier molecular flexibility index (Phi) is 15.3. The number of hydrogen-bond donors (Lipinski definition) is 2. The van der Waals surface area contributed by atoms with Crippen molar-refractivity contribution in [3.8, 4) is 0 Å². The lowest BCUT2D eigenvalue weighted by molar-refractivity contribution is 0.0420. The molecular weight excluding hydrogens is 409 g/mol. The second kappa shape index (κ2) is 15.4. The van der Waals surface area contributed by atoms with E-state index in [-0.39, 0.29) is 24.0 Å². The van der Waals surface area contributed by atoms with Gasteiger partial charge in [0.15, 0.2) is 5.96 Å². The highest BCUT2D eigenvalue weighted by atomic mass is 127. The summed E-state index contributed by atoms with van der Waals surface area (Å²) in [7, 11) is 1.79. The summed E-state index contributed by atoms with van der Waals surface area (Å²) in [4.78, 5) is 4.20. The molecule has 0 aromatic carbocycles. The van der Waals surface area contributed by atoms with Crippen molar-refractivity contribution in [2.45, 2.75) is 39.2 Å². The average molecular weight is 443 g/mol. The molecule has 1 heterocycles. The molecule has 0 aliphatic carbocycles. The quantitative estimate of drug-likeness (QED) is 0.222. The minimum Gasteiger partial charge on any atom is -0.381 e. The van der Waals surface area contributed by atoms with Gasteiger partial charge < -0.3 is 24.8 Å². The van der Waals surface area contributed by atoms with Crippen LogP contribution in [0.2, 0.25) is 0 Å². The molecule has 138 valence electrons. The van der Waals surface area contributed by atoms with Crippen LogP contribution in [-0.4, -0.2) is 65.2 Å². The summed E-state index contributed by atoms with van der Waals surface area (Å²) in [6, 6.07) is 0. The fraction of sp³-hybridized carbons (Fsp3) is 0.938. The summed E-state index contributed by atoms with van der Waals surface area (Å²) in [6.07, 6.45) is 3.27. The first-order valence-corrected chi connectivity index (χ1v) is 8.44. The van der Waals surface area contributed by atoms with E-state index in [4.69, 9.17) is 14.2 Å². The van der Waals surface area contributed by atoms with Crippen LogP contribution < -0.4 is 10.6 Å². The molecule has 6 nitrogen and oxygen atoms in total. The third-order valence-corrected chi connectivity index (χ3v) is 3.29. The molecule has 7 heteroatoms. The molecule has 1 aliphatic heterocycles. The van der Waals surface area contributed by atoms with Crippen LogP contribution in [0.25, 0.3) is 0 Å². The zero-order chi connectivity index (χ0) is 16.0. The second-order valence-electron chi connectivity index (χ2n) is 5.96. The number of nitrogens with one attached hydrogen (secondary N) is 2. The molecule has 1 unspecified atom stereocenters. The van der Waals surface area contributed by atoms with Crippen LogP contribution >= 0.6 is 24.0 Å². The zero-order valence-electron chi connectivity index (χ0n) is 14.8. The lowest BCUT2D eigenvalue weighted by atomic mass is 10.2. The Morgan fingerprint density at radius 2 is 1.91 bits per heavy atom. The van der Waals surface area contributed by atoms with E-state index in [2.05, 4.69) is 29.5 Å². The number of nitrogens with zero attached hydrogens (tertiary/aromatic N) is 1. The van der Waals surface area contributed by atoms with E-state index in [9.17, 15) is 0 Å². The lowest BCUT2D eigenvalue weighted by Crippen LogP contribution is -2.38. The molecule has 0 amide bonds. The summed E-state index contributed by atoms with van der Waals surface area (Å²) in [6.45, 7) is 10.0. The molecule has 2 N–H and O–H groups in total. The van der Waals surface area contributed by atoms with Crippen LogP contribution in [0.1, 0.15) is 33.1 Å². The van der Waals surface area contributed by atoms with Gasteiger partial charge in [-0.1, -0.05) is 13.8 Å². The topological polar surface area (TPSA) is 64.1 Å². The first-order chi connectivity index (χ1) is 10.7. The highest BCUT2D eigenvalue weighted by molar-refractivity contribution is 14.0. The van der Waals surface area contributed by atoms with Crippen molar-refractivity contribution in [1.29, 1.82) is 0 Å². The van der Waals surface area contributed by atoms with Crippen molar-refractivity contribution in [3.63, 3.8) is 0 Å². The molecule has 1 rings (SSSR count). The smallest absolute Gasteiger partial charge is 0.190 e. The Labute approximate surface area is 158 Å². The summed E-state index contributed by atoms with van der Waals surface area (Å²) >= 11 is 0. The standard InChI is InChI=1S/C16H33N3O3.HI/c1-14(2)12-20-9-4-7-18-16(17-3)19-8-5-10-22-15-6-11-21-13-15;/h14-15H,4-13H2,1-3H3,(H2,17,18,19);1H. The summed E-state index contributed by atoms with van der Waals surface area (Å²) in [5.41, 5.74) is 0. The Morgan fingerprint density at radius 3 is 2.48 bits per heavy atom. The molecule has 23 heavy (non-hydrogen) atoms. The maximum atomic E-state index is 5.72. The van der Waals surface area contributed by atoms with Gasteiger partial charge >= 0.3 is 0 Å². The molecule has 0 aromatic heterocycles. The minimum absolute atomic E-state index is 0. The number of ether oxygens (including phenoxy) is 3. The van der Waals surface area contributed by atoms with Crippen molar-refractivity contribution < 1.29 is 14.2 Å². The molecule has 1 saturated heterocycles. The van der Waals surface area contributed by atoms with Crippen LogP contribution in [0, 0.1) is 5.92 Å². The van der Waals surface area contributed by atoms with Gasteiger partial charge in [-0.3, -0.25) is 4.99 Å². The van der Waals surface area contributed by atoms with Crippen molar-refractivity contribution in [2.24, 2.45) is 10.9 Å². The van der Waals surface area contributed by atoms with E-state index >= 15 is 0 Å². The predicted molar refractivity (Wildman–Crippen MR) is 105 cm³/mol. The van der Waals surface area contributed by atoms with Gasteiger partial charge in [0.05, 0.1) is 12.7 Å². The number of guanidine groups is 1. The molecule has 1 fully saturated rings. The van der Waals surface area contributed by atoms with Crippen molar-refractivity contribution >= 4 is 29.9 Å². The highest BCUT2D eigenvalue weighted by Crippen LogP contribution is 2.07. The molecule has 0 saturated carbocycles. The molecule has 0 aromatic rings. The van der Waals surface area contributed by atoms with E-state index in [1.807, 2.05) is 0 Å². The van der Waals surface area contributed by atoms with E-state index < -0.39 is 0 Å². The van der Waals surface area contributed by atoms with E-state index in [1.54, 1.807) is 7.05 Å². The Balaban J connectivity index is 0.00000484. The van der Waals surface area contributed by atoms with Crippen LogP contribution in [0.3, 0.4) is 0 Å². The van der Waals surface area contributed by atoms with Crippen LogP contribution in [0.4, 0.5) is 0 Å². The largest absolute Gasteiger partial charge is 0.381 e.